The van der Waals surface area contributed by atoms with Crippen LogP contribution in [0.15, 0.2) is 11.6 Å². The molecule has 0 amide bonds. The maximum atomic E-state index is 11.0. The number of carbonyl (C=O) groups is 1. The fraction of sp³-hybridized carbons (Fsp3) is 0.667. The number of hydrogen-bond donors (Lipinski definition) is 0. The van der Waals surface area contributed by atoms with Crippen LogP contribution in [0.4, 0.5) is 0 Å². The van der Waals surface area contributed by atoms with Crippen molar-refractivity contribution in [3.63, 3.8) is 0 Å². The number of rotatable bonds is 5. The molecule has 0 unspecified atom stereocenters. The number of carbonyl (C=O) groups excluding carboxylic acids is 1. The summed E-state index contributed by atoms with van der Waals surface area (Å²) in [5.41, 5.74) is 0.668. The molecule has 0 fully saturated rings. The minimum atomic E-state index is -0.230. The number of hydrogen-bond acceptors (Lipinski definition) is 2. The molecule has 0 aromatic heterocycles. The molecule has 70 valence electrons. The second-order valence-corrected chi connectivity index (χ2v) is 2.82. The molecule has 0 radical (unpaired) electrons. The van der Waals surface area contributed by atoms with E-state index in [1.54, 1.807) is 13.8 Å². The first-order valence-electron chi connectivity index (χ1n) is 4.12. The summed E-state index contributed by atoms with van der Waals surface area (Å²) in [6.45, 7) is 3.98. The Kier molecular flexibility index (Phi) is 6.87. The van der Waals surface area contributed by atoms with E-state index in [2.05, 4.69) is 0 Å². The van der Waals surface area contributed by atoms with E-state index < -0.39 is 0 Å². The predicted octanol–water partition coefficient (Wildman–Crippen LogP) is 2.51. The van der Waals surface area contributed by atoms with Crippen molar-refractivity contribution < 1.29 is 9.53 Å². The fourth-order valence-electron chi connectivity index (χ4n) is 0.724. The maximum absolute atomic E-state index is 11.0. The van der Waals surface area contributed by atoms with E-state index in [0.29, 0.717) is 18.1 Å². The second-order valence-electron chi connectivity index (χ2n) is 2.44. The molecule has 12 heavy (non-hydrogen) atoms. The highest BCUT2D eigenvalue weighted by Gasteiger charge is 2.02. The standard InChI is InChI=1S/C9H15ClO2/c1-3-12-9(11)8(2)6-4-5-7-10/h6H,3-5,7H2,1-2H3/b8-6+. The van der Waals surface area contributed by atoms with Crippen LogP contribution < -0.4 is 0 Å². The van der Waals surface area contributed by atoms with Gasteiger partial charge in [-0.05, 0) is 26.7 Å². The average molecular weight is 191 g/mol. The van der Waals surface area contributed by atoms with E-state index in [1.807, 2.05) is 6.08 Å². The quantitative estimate of drug-likeness (QED) is 0.288. The summed E-state index contributed by atoms with van der Waals surface area (Å²) in [6, 6.07) is 0. The summed E-state index contributed by atoms with van der Waals surface area (Å²) in [5.74, 6) is 0.402. The van der Waals surface area contributed by atoms with Gasteiger partial charge in [-0.2, -0.15) is 0 Å². The van der Waals surface area contributed by atoms with E-state index in [4.69, 9.17) is 16.3 Å². The zero-order valence-corrected chi connectivity index (χ0v) is 8.36. The van der Waals surface area contributed by atoms with Crippen LogP contribution in [0.25, 0.3) is 0 Å². The van der Waals surface area contributed by atoms with Crippen LogP contribution in [-0.4, -0.2) is 18.5 Å². The summed E-state index contributed by atoms with van der Waals surface area (Å²) >= 11 is 5.48. The summed E-state index contributed by atoms with van der Waals surface area (Å²) in [6.07, 6.45) is 3.60. The smallest absolute Gasteiger partial charge is 0.333 e. The zero-order chi connectivity index (χ0) is 9.40. The number of esters is 1. The molecule has 0 atom stereocenters. The molecule has 0 heterocycles. The second kappa shape index (κ2) is 7.17. The Morgan fingerprint density at radius 3 is 2.75 bits per heavy atom. The van der Waals surface area contributed by atoms with E-state index >= 15 is 0 Å². The number of alkyl halides is 1. The first kappa shape index (κ1) is 11.5. The first-order valence-corrected chi connectivity index (χ1v) is 4.65. The van der Waals surface area contributed by atoms with Crippen molar-refractivity contribution in [3.8, 4) is 0 Å². The Morgan fingerprint density at radius 2 is 2.25 bits per heavy atom. The van der Waals surface area contributed by atoms with E-state index in [1.165, 1.54) is 0 Å². The molecule has 3 heteroatoms. The largest absolute Gasteiger partial charge is 0.463 e. The zero-order valence-electron chi connectivity index (χ0n) is 7.60. The fourth-order valence-corrected chi connectivity index (χ4v) is 0.878. The number of unbranched alkanes of at least 4 members (excludes halogenated alkanes) is 1. The van der Waals surface area contributed by atoms with Crippen molar-refractivity contribution in [1.29, 1.82) is 0 Å². The van der Waals surface area contributed by atoms with Crippen LogP contribution in [-0.2, 0) is 9.53 Å². The topological polar surface area (TPSA) is 26.3 Å². The predicted molar refractivity (Wildman–Crippen MR) is 50.3 cm³/mol. The van der Waals surface area contributed by atoms with Gasteiger partial charge in [0.2, 0.25) is 0 Å². The van der Waals surface area contributed by atoms with Crippen LogP contribution >= 0.6 is 11.6 Å². The van der Waals surface area contributed by atoms with Gasteiger partial charge in [-0.3, -0.25) is 0 Å². The number of halogens is 1. The van der Waals surface area contributed by atoms with Crippen molar-refractivity contribution in [3.05, 3.63) is 11.6 Å². The lowest BCUT2D eigenvalue weighted by atomic mass is 10.2. The lowest BCUT2D eigenvalue weighted by Crippen LogP contribution is -2.04. The van der Waals surface area contributed by atoms with Gasteiger partial charge in [-0.15, -0.1) is 11.6 Å². The van der Waals surface area contributed by atoms with Crippen LogP contribution in [0, 0.1) is 0 Å². The Morgan fingerprint density at radius 1 is 1.58 bits per heavy atom. The highest BCUT2D eigenvalue weighted by Crippen LogP contribution is 2.01. The highest BCUT2D eigenvalue weighted by atomic mass is 35.5. The van der Waals surface area contributed by atoms with Crippen molar-refractivity contribution in [2.45, 2.75) is 26.7 Å². The molecule has 0 saturated heterocycles. The number of ether oxygens (including phenoxy) is 1. The lowest BCUT2D eigenvalue weighted by molar-refractivity contribution is -0.138. The highest BCUT2D eigenvalue weighted by molar-refractivity contribution is 6.17. The molecule has 0 aliphatic heterocycles. The molecule has 0 aliphatic carbocycles. The molecular weight excluding hydrogens is 176 g/mol. The Hall–Kier alpha value is -0.500. The van der Waals surface area contributed by atoms with Gasteiger partial charge in [0.1, 0.15) is 0 Å². The third-order valence-corrected chi connectivity index (χ3v) is 1.65. The normalized spacial score (nSPS) is 11.4. The Labute approximate surface area is 78.5 Å². The summed E-state index contributed by atoms with van der Waals surface area (Å²) < 4.78 is 4.79. The van der Waals surface area contributed by atoms with Crippen LogP contribution in [0.3, 0.4) is 0 Å². The summed E-state index contributed by atoms with van der Waals surface area (Å²) in [4.78, 5) is 11.0. The monoisotopic (exact) mass is 190 g/mol. The van der Waals surface area contributed by atoms with Crippen LogP contribution in [0.2, 0.25) is 0 Å². The lowest BCUT2D eigenvalue weighted by Gasteiger charge is -2.00. The summed E-state index contributed by atoms with van der Waals surface area (Å²) in [5, 5.41) is 0. The maximum Gasteiger partial charge on any atom is 0.333 e. The van der Waals surface area contributed by atoms with Crippen molar-refractivity contribution in [2.75, 3.05) is 12.5 Å². The van der Waals surface area contributed by atoms with E-state index in [0.717, 1.165) is 12.8 Å². The van der Waals surface area contributed by atoms with E-state index in [9.17, 15) is 4.79 Å². The van der Waals surface area contributed by atoms with Gasteiger partial charge in [0.25, 0.3) is 0 Å². The van der Waals surface area contributed by atoms with Crippen molar-refractivity contribution in [2.24, 2.45) is 0 Å². The Balaban J connectivity index is 3.74. The van der Waals surface area contributed by atoms with Gasteiger partial charge >= 0.3 is 5.97 Å². The average Bonchev–Trinajstić information content (AvgIpc) is 2.05. The molecule has 0 N–H and O–H groups in total. The van der Waals surface area contributed by atoms with E-state index in [-0.39, 0.29) is 5.97 Å². The Bertz CT molecular complexity index is 164. The molecule has 0 aliphatic rings. The van der Waals surface area contributed by atoms with Crippen LogP contribution in [0.1, 0.15) is 26.7 Å². The van der Waals surface area contributed by atoms with Gasteiger partial charge in [0, 0.05) is 11.5 Å². The molecular formula is C9H15ClO2. The molecule has 0 spiro atoms. The summed E-state index contributed by atoms with van der Waals surface area (Å²) in [7, 11) is 0. The molecule has 0 bridgehead atoms. The molecule has 0 saturated carbocycles. The minimum absolute atomic E-state index is 0.230. The first-order chi connectivity index (χ1) is 5.72. The SMILES string of the molecule is CCOC(=O)/C(C)=C/CCCCl. The van der Waals surface area contributed by atoms with Gasteiger partial charge in [0.05, 0.1) is 6.61 Å². The molecule has 2 nitrogen and oxygen atoms in total. The van der Waals surface area contributed by atoms with Crippen molar-refractivity contribution in [1.82, 2.24) is 0 Å². The molecule has 0 aromatic carbocycles. The van der Waals surface area contributed by atoms with Gasteiger partial charge in [0.15, 0.2) is 0 Å². The molecule has 0 aromatic rings. The van der Waals surface area contributed by atoms with Crippen molar-refractivity contribution >= 4 is 17.6 Å². The van der Waals surface area contributed by atoms with Gasteiger partial charge in [-0.1, -0.05) is 6.08 Å². The third kappa shape index (κ3) is 5.19. The van der Waals surface area contributed by atoms with Crippen LogP contribution in [0.5, 0.6) is 0 Å². The molecule has 0 rings (SSSR count). The third-order valence-electron chi connectivity index (χ3n) is 1.39. The van der Waals surface area contributed by atoms with Gasteiger partial charge < -0.3 is 4.74 Å². The minimum Gasteiger partial charge on any atom is -0.463 e. The van der Waals surface area contributed by atoms with Gasteiger partial charge in [-0.25, -0.2) is 4.79 Å². The number of allylic oxidation sites excluding steroid dienone is 1.